The zero-order valence-corrected chi connectivity index (χ0v) is 20.0. The Labute approximate surface area is 195 Å². The molecule has 2 unspecified atom stereocenters. The zero-order valence-electron chi connectivity index (χ0n) is 18.3. The van der Waals surface area contributed by atoms with Gasteiger partial charge in [-0.3, -0.25) is 14.4 Å². The topological polar surface area (TPSA) is 129 Å². The van der Waals surface area contributed by atoms with E-state index < -0.39 is 10.0 Å². The molecule has 5 rings (SSSR count). The Morgan fingerprint density at radius 2 is 2.18 bits per heavy atom. The number of aryl methyl sites for hydroxylation is 1. The molecular formula is C21H25N7O3S2. The number of rotatable bonds is 6. The number of nitrogens with zero attached hydrogens (tertiary/aromatic N) is 4. The van der Waals surface area contributed by atoms with E-state index in [1.807, 2.05) is 6.92 Å². The van der Waals surface area contributed by atoms with Gasteiger partial charge in [-0.25, -0.2) is 23.4 Å². The summed E-state index contributed by atoms with van der Waals surface area (Å²) in [6, 6.07) is 5.36. The Bertz CT molecular complexity index is 1330. The van der Waals surface area contributed by atoms with Crippen LogP contribution in [-0.2, 0) is 20.4 Å². The Morgan fingerprint density at radius 3 is 3.00 bits per heavy atom. The summed E-state index contributed by atoms with van der Waals surface area (Å²) in [4.78, 5) is 29.4. The fourth-order valence-electron chi connectivity index (χ4n) is 4.83. The van der Waals surface area contributed by atoms with E-state index in [9.17, 15) is 13.2 Å². The molecule has 0 saturated carbocycles. The minimum atomic E-state index is -3.40. The molecule has 4 heterocycles. The molecule has 2 aromatic heterocycles. The molecule has 0 spiro atoms. The van der Waals surface area contributed by atoms with Crippen LogP contribution in [0.25, 0.3) is 10.3 Å². The van der Waals surface area contributed by atoms with Crippen LogP contribution < -0.4 is 15.4 Å². The lowest BCUT2D eigenvalue weighted by molar-refractivity contribution is -0.117. The highest BCUT2D eigenvalue weighted by molar-refractivity contribution is 7.92. The summed E-state index contributed by atoms with van der Waals surface area (Å²) in [7, 11) is -3.40. The molecule has 3 aromatic rings. The van der Waals surface area contributed by atoms with Gasteiger partial charge >= 0.3 is 0 Å². The summed E-state index contributed by atoms with van der Waals surface area (Å²) >= 11 is 1.50. The molecule has 12 heteroatoms. The molecule has 0 aliphatic carbocycles. The van der Waals surface area contributed by atoms with Gasteiger partial charge in [-0.05, 0) is 37.5 Å². The molecular weight excluding hydrogens is 462 g/mol. The molecule has 3 N–H and O–H groups in total. The normalized spacial score (nSPS) is 23.0. The summed E-state index contributed by atoms with van der Waals surface area (Å²) in [6.45, 7) is 3.52. The van der Waals surface area contributed by atoms with Crippen LogP contribution in [0.4, 0.5) is 11.4 Å². The van der Waals surface area contributed by atoms with Gasteiger partial charge in [0, 0.05) is 24.8 Å². The second-order valence-electron chi connectivity index (χ2n) is 8.81. The first kappa shape index (κ1) is 22.1. The van der Waals surface area contributed by atoms with Gasteiger partial charge in [0.25, 0.3) is 0 Å². The minimum Gasteiger partial charge on any atom is -0.325 e. The summed E-state index contributed by atoms with van der Waals surface area (Å²) in [6.07, 6.45) is 4.62. The predicted octanol–water partition coefficient (Wildman–Crippen LogP) is 1.67. The Morgan fingerprint density at radius 1 is 1.33 bits per heavy atom. The van der Waals surface area contributed by atoms with Crippen molar-refractivity contribution < 1.29 is 13.2 Å². The number of thiazole rings is 1. The lowest BCUT2D eigenvalue weighted by Crippen LogP contribution is -2.59. The third kappa shape index (κ3) is 4.56. The fourth-order valence-corrected chi connectivity index (χ4v) is 6.01. The van der Waals surface area contributed by atoms with Crippen LogP contribution in [-0.4, -0.2) is 66.1 Å². The van der Waals surface area contributed by atoms with E-state index in [0.29, 0.717) is 17.9 Å². The highest BCUT2D eigenvalue weighted by Gasteiger charge is 2.48. The van der Waals surface area contributed by atoms with Crippen LogP contribution in [0, 0.1) is 6.92 Å². The maximum Gasteiger partial charge on any atom is 0.238 e. The quantitative estimate of drug-likeness (QED) is 0.479. The number of anilines is 2. The van der Waals surface area contributed by atoms with E-state index in [2.05, 4.69) is 35.2 Å². The maximum atomic E-state index is 12.9. The Balaban J connectivity index is 1.32. The monoisotopic (exact) mass is 487 g/mol. The number of hydrogen-bond donors (Lipinski definition) is 3. The van der Waals surface area contributed by atoms with E-state index >= 15 is 0 Å². The van der Waals surface area contributed by atoms with Crippen molar-refractivity contribution in [3.8, 4) is 0 Å². The summed E-state index contributed by atoms with van der Waals surface area (Å²) in [5.41, 5.74) is 5.01. The first-order valence-electron chi connectivity index (χ1n) is 10.6. The standard InChI is InChI=1S/C21H25N7O3S2/c1-13-3-4-14(27-33(2,30)31)7-16(13)25-17(29)9-28-8-15-5-6-21(10-28,26-15)19-18-20(23-11-22-19)32-12-24-18/h3-4,7,11-12,15,26-27H,5-6,8-10H2,1-2H3,(H,25,29). The van der Waals surface area contributed by atoms with Crippen molar-refractivity contribution in [2.45, 2.75) is 31.3 Å². The third-order valence-corrected chi connectivity index (χ3v) is 7.48. The molecule has 2 saturated heterocycles. The highest BCUT2D eigenvalue weighted by atomic mass is 32.2. The van der Waals surface area contributed by atoms with Crippen LogP contribution in [0.1, 0.15) is 24.1 Å². The number of aromatic nitrogens is 3. The number of carbonyl (C=O) groups is 1. The van der Waals surface area contributed by atoms with Gasteiger partial charge in [-0.1, -0.05) is 6.07 Å². The van der Waals surface area contributed by atoms with Gasteiger partial charge in [0.05, 0.1) is 35.2 Å². The molecule has 2 aliphatic heterocycles. The molecule has 174 valence electrons. The van der Waals surface area contributed by atoms with E-state index in [1.54, 1.807) is 30.0 Å². The van der Waals surface area contributed by atoms with Gasteiger partial charge in [0.2, 0.25) is 15.9 Å². The van der Waals surface area contributed by atoms with Crippen molar-refractivity contribution in [3.05, 3.63) is 41.3 Å². The molecule has 0 radical (unpaired) electrons. The van der Waals surface area contributed by atoms with Gasteiger partial charge in [0.1, 0.15) is 16.7 Å². The van der Waals surface area contributed by atoms with Crippen molar-refractivity contribution in [3.63, 3.8) is 0 Å². The van der Waals surface area contributed by atoms with Gasteiger partial charge < -0.3 is 10.6 Å². The van der Waals surface area contributed by atoms with Crippen molar-refractivity contribution in [1.82, 2.24) is 25.2 Å². The smallest absolute Gasteiger partial charge is 0.238 e. The average molecular weight is 488 g/mol. The predicted molar refractivity (Wildman–Crippen MR) is 128 cm³/mol. The number of likely N-dealkylation sites (tertiary alicyclic amines) is 1. The molecule has 33 heavy (non-hydrogen) atoms. The number of benzene rings is 1. The number of fused-ring (bicyclic) bond motifs is 3. The first-order valence-corrected chi connectivity index (χ1v) is 13.4. The number of piperazine rings is 1. The van der Waals surface area contributed by atoms with Crippen LogP contribution in [0.3, 0.4) is 0 Å². The second kappa shape index (κ2) is 8.28. The molecule has 2 fully saturated rings. The van der Waals surface area contributed by atoms with Crippen LogP contribution in [0.15, 0.2) is 30.0 Å². The van der Waals surface area contributed by atoms with E-state index in [1.165, 1.54) is 11.3 Å². The number of hydrogen-bond acceptors (Lipinski definition) is 9. The van der Waals surface area contributed by atoms with Gasteiger partial charge in [0.15, 0.2) is 0 Å². The third-order valence-electron chi connectivity index (χ3n) is 6.14. The van der Waals surface area contributed by atoms with Crippen molar-refractivity contribution in [2.75, 3.05) is 35.9 Å². The zero-order chi connectivity index (χ0) is 23.2. The largest absolute Gasteiger partial charge is 0.325 e. The fraction of sp³-hybridized carbons (Fsp3) is 0.429. The second-order valence-corrected chi connectivity index (χ2v) is 11.4. The molecule has 1 amide bonds. The van der Waals surface area contributed by atoms with E-state index in [4.69, 9.17) is 0 Å². The van der Waals surface area contributed by atoms with Gasteiger partial charge in [-0.2, -0.15) is 0 Å². The lowest BCUT2D eigenvalue weighted by atomic mass is 9.91. The number of sulfonamides is 1. The SMILES string of the molecule is Cc1ccc(NS(C)(=O)=O)cc1NC(=O)CN1CC2CCC(c3ncnc4scnc34)(C1)N2. The summed E-state index contributed by atoms with van der Waals surface area (Å²) in [5, 5.41) is 6.67. The van der Waals surface area contributed by atoms with Crippen molar-refractivity contribution >= 4 is 49.0 Å². The molecule has 10 nitrogen and oxygen atoms in total. The van der Waals surface area contributed by atoms with Crippen LogP contribution >= 0.6 is 11.3 Å². The summed E-state index contributed by atoms with van der Waals surface area (Å²) < 4.78 is 25.5. The average Bonchev–Trinajstić information content (AvgIpc) is 3.33. The van der Waals surface area contributed by atoms with Crippen molar-refractivity contribution in [1.29, 1.82) is 0 Å². The van der Waals surface area contributed by atoms with Crippen LogP contribution in [0.5, 0.6) is 0 Å². The number of amides is 1. The molecule has 1 aromatic carbocycles. The maximum absolute atomic E-state index is 12.9. The van der Waals surface area contributed by atoms with Gasteiger partial charge in [-0.15, -0.1) is 11.3 Å². The highest BCUT2D eigenvalue weighted by Crippen LogP contribution is 2.39. The lowest BCUT2D eigenvalue weighted by Gasteiger charge is -2.40. The van der Waals surface area contributed by atoms with Crippen molar-refractivity contribution in [2.24, 2.45) is 0 Å². The molecule has 2 atom stereocenters. The Hall–Kier alpha value is -2.67. The van der Waals surface area contributed by atoms with Crippen LogP contribution in [0.2, 0.25) is 0 Å². The first-order chi connectivity index (χ1) is 15.7. The minimum absolute atomic E-state index is 0.146. The number of carbonyl (C=O) groups excluding carboxylic acids is 1. The molecule has 2 aliphatic rings. The van der Waals surface area contributed by atoms with E-state index in [0.717, 1.165) is 47.2 Å². The summed E-state index contributed by atoms with van der Waals surface area (Å²) in [5.74, 6) is -0.146. The van der Waals surface area contributed by atoms with E-state index in [-0.39, 0.29) is 24.0 Å². The number of nitrogens with one attached hydrogen (secondary N) is 3. The molecule has 2 bridgehead atoms. The Kier molecular flexibility index (Phi) is 5.55.